The van der Waals surface area contributed by atoms with E-state index in [2.05, 4.69) is 10.2 Å². The summed E-state index contributed by atoms with van der Waals surface area (Å²) in [6, 6.07) is 12.1. The molecule has 2 aliphatic carbocycles. The second-order valence-corrected chi connectivity index (χ2v) is 13.0. The molecule has 2 aromatic carbocycles. The Kier molecular flexibility index (Phi) is 5.62. The number of aryl methyl sites for hydroxylation is 1. The number of aromatic carboxylic acids is 1. The summed E-state index contributed by atoms with van der Waals surface area (Å²) in [4.78, 5) is 33.8. The number of fused-ring (bicyclic) bond motifs is 6. The number of amides is 1. The third kappa shape index (κ3) is 3.52. The molecule has 0 radical (unpaired) electrons. The van der Waals surface area contributed by atoms with Gasteiger partial charge in [0.2, 0.25) is 5.91 Å². The lowest BCUT2D eigenvalue weighted by Crippen LogP contribution is -2.61. The van der Waals surface area contributed by atoms with Gasteiger partial charge in [-0.3, -0.25) is 9.69 Å². The summed E-state index contributed by atoms with van der Waals surface area (Å²) in [6.07, 6.45) is 4.97. The third-order valence-electron chi connectivity index (χ3n) is 9.96. The summed E-state index contributed by atoms with van der Waals surface area (Å²) < 4.78 is 18.1. The molecule has 2 fully saturated rings. The highest BCUT2D eigenvalue weighted by molar-refractivity contribution is 6.31. The number of benzene rings is 2. The van der Waals surface area contributed by atoms with Crippen LogP contribution < -0.4 is 5.32 Å². The summed E-state index contributed by atoms with van der Waals surface area (Å²) >= 11 is 12.7. The van der Waals surface area contributed by atoms with Crippen LogP contribution in [0.15, 0.2) is 48.7 Å². The number of carbonyl (C=O) groups is 2. The fourth-order valence-corrected chi connectivity index (χ4v) is 8.31. The average Bonchev–Trinajstić information content (AvgIpc) is 3.52. The second-order valence-electron chi connectivity index (χ2n) is 12.2. The normalized spacial score (nSPS) is 26.4. The number of hydrogen-bond donors (Lipinski definition) is 2. The molecule has 0 bridgehead atoms. The highest BCUT2D eigenvalue weighted by Gasteiger charge is 2.67. The Morgan fingerprint density at radius 2 is 2.02 bits per heavy atom. The van der Waals surface area contributed by atoms with Gasteiger partial charge in [0.05, 0.1) is 16.3 Å². The first-order valence-corrected chi connectivity index (χ1v) is 15.0. The number of likely N-dealkylation sites (tertiary alicyclic amines) is 1. The summed E-state index contributed by atoms with van der Waals surface area (Å²) in [5.41, 5.74) is 4.06. The molecule has 10 heteroatoms. The molecule has 0 unspecified atom stereocenters. The van der Waals surface area contributed by atoms with Crippen LogP contribution in [-0.4, -0.2) is 49.4 Å². The number of nitrogens with one attached hydrogen (secondary N) is 1. The Morgan fingerprint density at radius 3 is 2.79 bits per heavy atom. The molecule has 2 aliphatic heterocycles. The molecule has 1 spiro atoms. The van der Waals surface area contributed by atoms with Crippen LogP contribution in [0.5, 0.6) is 0 Å². The van der Waals surface area contributed by atoms with Crippen LogP contribution in [0, 0.1) is 18.7 Å². The number of carboxylic acids is 1. The molecule has 7 nitrogen and oxygen atoms in total. The van der Waals surface area contributed by atoms with Gasteiger partial charge in [-0.25, -0.2) is 14.2 Å². The Labute approximate surface area is 251 Å². The van der Waals surface area contributed by atoms with Crippen molar-refractivity contribution in [1.29, 1.82) is 0 Å². The van der Waals surface area contributed by atoms with Gasteiger partial charge in [0, 0.05) is 65.4 Å². The Morgan fingerprint density at radius 1 is 1.21 bits per heavy atom. The van der Waals surface area contributed by atoms with Crippen molar-refractivity contribution in [2.24, 2.45) is 5.92 Å². The summed E-state index contributed by atoms with van der Waals surface area (Å²) in [5, 5.41) is 13.4. The number of anilines is 1. The maximum absolute atomic E-state index is 16.1. The minimum absolute atomic E-state index is 0.0124. The van der Waals surface area contributed by atoms with Crippen LogP contribution in [0.4, 0.5) is 10.1 Å². The summed E-state index contributed by atoms with van der Waals surface area (Å²) in [7, 11) is 0. The van der Waals surface area contributed by atoms with Crippen molar-refractivity contribution in [2.75, 3.05) is 11.9 Å². The number of rotatable bonds is 4. The molecule has 2 aromatic heterocycles. The lowest BCUT2D eigenvalue weighted by Gasteiger charge is -2.46. The lowest BCUT2D eigenvalue weighted by molar-refractivity contribution is -0.129. The van der Waals surface area contributed by atoms with Crippen molar-refractivity contribution in [3.8, 4) is 0 Å². The first-order chi connectivity index (χ1) is 20.2. The quantitative estimate of drug-likeness (QED) is 0.288. The third-order valence-corrected chi connectivity index (χ3v) is 10.5. The molecule has 1 saturated heterocycles. The van der Waals surface area contributed by atoms with Gasteiger partial charge in [-0.1, -0.05) is 41.4 Å². The first-order valence-electron chi connectivity index (χ1n) is 14.2. The fourth-order valence-electron chi connectivity index (χ4n) is 7.96. The molecular formula is C32H27Cl2FN4O3. The molecule has 214 valence electrons. The zero-order chi connectivity index (χ0) is 29.1. The number of pyridine rings is 1. The lowest BCUT2D eigenvalue weighted by atomic mass is 9.69. The van der Waals surface area contributed by atoms with E-state index in [0.717, 1.165) is 36.3 Å². The number of hydrogen-bond acceptors (Lipinski definition) is 4. The highest BCUT2D eigenvalue weighted by atomic mass is 35.5. The van der Waals surface area contributed by atoms with E-state index < -0.39 is 23.2 Å². The second kappa shape index (κ2) is 9.02. The number of carbonyl (C=O) groups excluding carboxylic acids is 1. The molecule has 1 amide bonds. The first kappa shape index (κ1) is 26.2. The minimum Gasteiger partial charge on any atom is -0.478 e. The van der Waals surface area contributed by atoms with E-state index in [1.807, 2.05) is 16.5 Å². The molecule has 4 aromatic rings. The van der Waals surface area contributed by atoms with Gasteiger partial charge in [-0.15, -0.1) is 0 Å². The number of halogens is 3. The van der Waals surface area contributed by atoms with Crippen molar-refractivity contribution in [3.63, 3.8) is 0 Å². The largest absolute Gasteiger partial charge is 0.478 e. The van der Waals surface area contributed by atoms with E-state index in [-0.39, 0.29) is 28.5 Å². The van der Waals surface area contributed by atoms with E-state index in [1.54, 1.807) is 37.4 Å². The van der Waals surface area contributed by atoms with E-state index in [9.17, 15) is 14.7 Å². The molecule has 4 atom stereocenters. The van der Waals surface area contributed by atoms with Crippen LogP contribution in [0.3, 0.4) is 0 Å². The Hall–Kier alpha value is -3.46. The van der Waals surface area contributed by atoms with Gasteiger partial charge < -0.3 is 14.8 Å². The zero-order valence-corrected chi connectivity index (χ0v) is 24.2. The molecule has 4 heterocycles. The predicted molar refractivity (Wildman–Crippen MR) is 157 cm³/mol. The fraction of sp³-hybridized carbons (Fsp3) is 0.344. The Bertz CT molecular complexity index is 1850. The number of carboxylic acid groups (broad SMARTS) is 1. The summed E-state index contributed by atoms with van der Waals surface area (Å²) in [5.74, 6) is -2.13. The van der Waals surface area contributed by atoms with E-state index >= 15 is 4.39 Å². The van der Waals surface area contributed by atoms with E-state index in [4.69, 9.17) is 28.2 Å². The van der Waals surface area contributed by atoms with E-state index in [0.29, 0.717) is 46.2 Å². The van der Waals surface area contributed by atoms with Crippen LogP contribution in [-0.2, 0) is 17.6 Å². The smallest absolute Gasteiger partial charge is 0.336 e. The molecule has 8 rings (SSSR count). The van der Waals surface area contributed by atoms with Gasteiger partial charge in [0.25, 0.3) is 0 Å². The molecule has 1 saturated carbocycles. The predicted octanol–water partition coefficient (Wildman–Crippen LogP) is 6.24. The molecule has 4 aliphatic rings. The van der Waals surface area contributed by atoms with Crippen molar-refractivity contribution < 1.29 is 19.1 Å². The van der Waals surface area contributed by atoms with Crippen LogP contribution >= 0.6 is 23.2 Å². The maximum atomic E-state index is 16.1. The maximum Gasteiger partial charge on any atom is 0.336 e. The van der Waals surface area contributed by atoms with Gasteiger partial charge in [0.15, 0.2) is 0 Å². The number of imidazole rings is 1. The van der Waals surface area contributed by atoms with Crippen molar-refractivity contribution >= 4 is 46.4 Å². The SMILES string of the molecule is Cc1c(C(=O)O)ccn2c3c(nc12)[C@@H]1[C@H](C3)N(CC2CC2)[C@]2(Cc3ccc(Cl)cc3NC2=O)[C@H]1c1cccc(Cl)c1F. The van der Waals surface area contributed by atoms with Gasteiger partial charge >= 0.3 is 5.97 Å². The van der Waals surface area contributed by atoms with Crippen LogP contribution in [0.2, 0.25) is 10.0 Å². The highest BCUT2D eigenvalue weighted by Crippen LogP contribution is 2.61. The molecular weight excluding hydrogens is 578 g/mol. The van der Waals surface area contributed by atoms with Crippen molar-refractivity contribution in [3.05, 3.63) is 98.2 Å². The van der Waals surface area contributed by atoms with Crippen LogP contribution in [0.1, 0.15) is 63.1 Å². The van der Waals surface area contributed by atoms with E-state index in [1.165, 1.54) is 6.07 Å². The van der Waals surface area contributed by atoms with Crippen molar-refractivity contribution in [1.82, 2.24) is 14.3 Å². The van der Waals surface area contributed by atoms with Gasteiger partial charge in [-0.05, 0) is 61.1 Å². The Balaban J connectivity index is 1.38. The molecule has 42 heavy (non-hydrogen) atoms. The number of aromatic nitrogens is 2. The number of nitrogens with zero attached hydrogens (tertiary/aromatic N) is 3. The van der Waals surface area contributed by atoms with Gasteiger partial charge in [0.1, 0.15) is 17.0 Å². The average molecular weight is 605 g/mol. The van der Waals surface area contributed by atoms with Gasteiger partial charge in [-0.2, -0.15) is 0 Å². The minimum atomic E-state index is -1.08. The van der Waals surface area contributed by atoms with Crippen molar-refractivity contribution in [2.45, 2.75) is 56.0 Å². The standard InChI is InChI=1S/C32H27Cl2FN4O3/c1-15-19(30(40)41)9-10-38-24-12-23-25(28(24)37-29(15)38)26(20-3-2-4-21(34)27(20)35)32(39(23)14-16-5-6-16)13-17-7-8-18(33)11-22(17)36-31(32)42/h2-4,7-11,16,23,25-26H,5-6,12-14H2,1H3,(H,36,42)(H,40,41)/t23-,25+,26-,32+/m0/s1. The topological polar surface area (TPSA) is 86.9 Å². The zero-order valence-electron chi connectivity index (χ0n) is 22.7. The monoisotopic (exact) mass is 604 g/mol. The summed E-state index contributed by atoms with van der Waals surface area (Å²) in [6.45, 7) is 2.49. The molecule has 2 N–H and O–H groups in total. The van der Waals surface area contributed by atoms with Crippen LogP contribution in [0.25, 0.3) is 5.65 Å².